The molecule has 4 heteroatoms. The summed E-state index contributed by atoms with van der Waals surface area (Å²) >= 11 is 0. The third kappa shape index (κ3) is 10.3. The summed E-state index contributed by atoms with van der Waals surface area (Å²) in [6.07, 6.45) is 16.1. The standard InChI is InChI=1S/C23H46O4/c1-3-5-6-7-8-9-10-11-12-13-14-15-16-17-19(4-2)23-22(26)21(25)20(24)18-27-23/h19-26H,3-18H2,1-2H3/t19?,20-,21+,22-,23+/m1/s1. The predicted molar refractivity (Wildman–Crippen MR) is 112 cm³/mol. The lowest BCUT2D eigenvalue weighted by Gasteiger charge is -2.39. The molecular weight excluding hydrogens is 340 g/mol. The largest absolute Gasteiger partial charge is 0.388 e. The van der Waals surface area contributed by atoms with Crippen LogP contribution < -0.4 is 0 Å². The molecule has 4 nitrogen and oxygen atoms in total. The van der Waals surface area contributed by atoms with Gasteiger partial charge in [-0.1, -0.05) is 104 Å². The molecule has 0 aromatic carbocycles. The lowest BCUT2D eigenvalue weighted by atomic mass is 9.85. The monoisotopic (exact) mass is 386 g/mol. The summed E-state index contributed by atoms with van der Waals surface area (Å²) in [5.74, 6) is 0.259. The van der Waals surface area contributed by atoms with Gasteiger partial charge in [0.1, 0.15) is 18.3 Å². The van der Waals surface area contributed by atoms with E-state index in [9.17, 15) is 15.3 Å². The fraction of sp³-hybridized carbons (Fsp3) is 1.00. The van der Waals surface area contributed by atoms with E-state index in [1.54, 1.807) is 0 Å². The highest BCUT2D eigenvalue weighted by molar-refractivity contribution is 4.89. The Bertz CT molecular complexity index is 336. The van der Waals surface area contributed by atoms with Crippen molar-refractivity contribution >= 4 is 0 Å². The summed E-state index contributed by atoms with van der Waals surface area (Å²) in [6, 6.07) is 0. The molecule has 0 bridgehead atoms. The number of hydrogen-bond acceptors (Lipinski definition) is 4. The first kappa shape index (κ1) is 24.9. The normalized spacial score (nSPS) is 27.0. The van der Waals surface area contributed by atoms with E-state index in [-0.39, 0.29) is 18.6 Å². The fourth-order valence-electron chi connectivity index (χ4n) is 4.27. The molecule has 0 aromatic heterocycles. The molecule has 0 aliphatic carbocycles. The molecule has 1 rings (SSSR count). The predicted octanol–water partition coefficient (Wildman–Crippen LogP) is 4.98. The Labute approximate surface area is 167 Å². The van der Waals surface area contributed by atoms with Crippen molar-refractivity contribution in [3.63, 3.8) is 0 Å². The van der Waals surface area contributed by atoms with Crippen LogP contribution in [0.15, 0.2) is 0 Å². The minimum Gasteiger partial charge on any atom is -0.388 e. The summed E-state index contributed by atoms with van der Waals surface area (Å²) in [5, 5.41) is 29.6. The van der Waals surface area contributed by atoms with Gasteiger partial charge in [-0.3, -0.25) is 0 Å². The molecule has 1 aliphatic heterocycles. The Kier molecular flexibility index (Phi) is 14.5. The van der Waals surface area contributed by atoms with E-state index in [4.69, 9.17) is 4.74 Å². The van der Waals surface area contributed by atoms with Crippen molar-refractivity contribution < 1.29 is 20.1 Å². The van der Waals surface area contributed by atoms with Crippen molar-refractivity contribution in [2.75, 3.05) is 6.61 Å². The SMILES string of the molecule is CCCCCCCCCCCCCCCC(CC)[C@@H]1OC[C@@H](O)[C@H](O)[C@H]1O. The molecule has 3 N–H and O–H groups in total. The number of unbranched alkanes of at least 4 members (excludes halogenated alkanes) is 12. The van der Waals surface area contributed by atoms with E-state index in [1.807, 2.05) is 0 Å². The van der Waals surface area contributed by atoms with Crippen LogP contribution in [-0.2, 0) is 4.74 Å². The van der Waals surface area contributed by atoms with Gasteiger partial charge in [-0.15, -0.1) is 0 Å². The Balaban J connectivity index is 1.99. The third-order valence-electron chi connectivity index (χ3n) is 6.21. The van der Waals surface area contributed by atoms with Gasteiger partial charge in [-0.05, 0) is 12.3 Å². The maximum atomic E-state index is 10.2. The highest BCUT2D eigenvalue weighted by atomic mass is 16.5. The Hall–Kier alpha value is -0.160. The highest BCUT2D eigenvalue weighted by Gasteiger charge is 2.40. The minimum atomic E-state index is -1.08. The van der Waals surface area contributed by atoms with E-state index >= 15 is 0 Å². The molecule has 1 fully saturated rings. The molecule has 0 amide bonds. The summed E-state index contributed by atoms with van der Waals surface area (Å²) in [6.45, 7) is 4.50. The Morgan fingerprint density at radius 3 is 1.67 bits per heavy atom. The molecule has 1 unspecified atom stereocenters. The second kappa shape index (κ2) is 15.7. The van der Waals surface area contributed by atoms with Gasteiger partial charge in [-0.25, -0.2) is 0 Å². The molecule has 0 spiro atoms. The van der Waals surface area contributed by atoms with Crippen molar-refractivity contribution in [3.05, 3.63) is 0 Å². The molecule has 27 heavy (non-hydrogen) atoms. The van der Waals surface area contributed by atoms with Gasteiger partial charge in [0.05, 0.1) is 12.7 Å². The topological polar surface area (TPSA) is 69.9 Å². The number of rotatable bonds is 16. The van der Waals surface area contributed by atoms with Gasteiger partial charge in [0.2, 0.25) is 0 Å². The first-order chi connectivity index (χ1) is 13.1. The molecule has 0 saturated carbocycles. The fourth-order valence-corrected chi connectivity index (χ4v) is 4.27. The van der Waals surface area contributed by atoms with Crippen LogP contribution >= 0.6 is 0 Å². The van der Waals surface area contributed by atoms with Gasteiger partial charge < -0.3 is 20.1 Å². The second-order valence-electron chi connectivity index (χ2n) is 8.55. The zero-order valence-electron chi connectivity index (χ0n) is 18.0. The maximum absolute atomic E-state index is 10.2. The van der Waals surface area contributed by atoms with Gasteiger partial charge >= 0.3 is 0 Å². The molecular formula is C23H46O4. The number of aliphatic hydroxyl groups is 3. The van der Waals surface area contributed by atoms with Crippen molar-refractivity contribution in [1.29, 1.82) is 0 Å². The summed E-state index contributed by atoms with van der Waals surface area (Å²) in [5.41, 5.74) is 0. The lowest BCUT2D eigenvalue weighted by molar-refractivity contribution is -0.201. The Morgan fingerprint density at radius 2 is 1.19 bits per heavy atom. The van der Waals surface area contributed by atoms with E-state index in [2.05, 4.69) is 13.8 Å². The number of hydrogen-bond donors (Lipinski definition) is 3. The maximum Gasteiger partial charge on any atom is 0.111 e. The van der Waals surface area contributed by atoms with Crippen LogP contribution in [0.5, 0.6) is 0 Å². The van der Waals surface area contributed by atoms with Crippen molar-refractivity contribution in [2.24, 2.45) is 5.92 Å². The molecule has 1 heterocycles. The van der Waals surface area contributed by atoms with Gasteiger partial charge in [0.15, 0.2) is 0 Å². The van der Waals surface area contributed by atoms with Gasteiger partial charge in [0, 0.05) is 0 Å². The summed E-state index contributed by atoms with van der Waals surface area (Å²) in [4.78, 5) is 0. The smallest absolute Gasteiger partial charge is 0.111 e. The van der Waals surface area contributed by atoms with Crippen LogP contribution in [0.25, 0.3) is 0 Å². The van der Waals surface area contributed by atoms with Gasteiger partial charge in [0.25, 0.3) is 0 Å². The molecule has 162 valence electrons. The van der Waals surface area contributed by atoms with Crippen LogP contribution in [0, 0.1) is 5.92 Å². The van der Waals surface area contributed by atoms with E-state index in [0.717, 1.165) is 19.3 Å². The van der Waals surface area contributed by atoms with Crippen molar-refractivity contribution in [1.82, 2.24) is 0 Å². The number of ether oxygens (including phenoxy) is 1. The molecule has 1 saturated heterocycles. The van der Waals surface area contributed by atoms with Crippen LogP contribution in [0.4, 0.5) is 0 Å². The van der Waals surface area contributed by atoms with Gasteiger partial charge in [-0.2, -0.15) is 0 Å². The zero-order chi connectivity index (χ0) is 19.9. The third-order valence-corrected chi connectivity index (χ3v) is 6.21. The van der Waals surface area contributed by atoms with Crippen LogP contribution in [0.2, 0.25) is 0 Å². The lowest BCUT2D eigenvalue weighted by Crippen LogP contribution is -2.55. The zero-order valence-corrected chi connectivity index (χ0v) is 18.0. The van der Waals surface area contributed by atoms with E-state index in [0.29, 0.717) is 0 Å². The molecule has 0 aromatic rings. The van der Waals surface area contributed by atoms with E-state index < -0.39 is 18.3 Å². The first-order valence-corrected chi connectivity index (χ1v) is 11.8. The number of aliphatic hydroxyl groups excluding tert-OH is 3. The molecule has 0 radical (unpaired) electrons. The average Bonchev–Trinajstić information content (AvgIpc) is 2.67. The van der Waals surface area contributed by atoms with Crippen LogP contribution in [0.3, 0.4) is 0 Å². The average molecular weight is 387 g/mol. The minimum absolute atomic E-state index is 0.123. The Morgan fingerprint density at radius 1 is 0.704 bits per heavy atom. The quantitative estimate of drug-likeness (QED) is 0.327. The highest BCUT2D eigenvalue weighted by Crippen LogP contribution is 2.28. The molecule has 5 atom stereocenters. The van der Waals surface area contributed by atoms with Crippen molar-refractivity contribution in [2.45, 2.75) is 135 Å². The van der Waals surface area contributed by atoms with Crippen molar-refractivity contribution in [3.8, 4) is 0 Å². The van der Waals surface area contributed by atoms with E-state index in [1.165, 1.54) is 77.0 Å². The summed E-state index contributed by atoms with van der Waals surface area (Å²) < 4.78 is 5.63. The van der Waals surface area contributed by atoms with Crippen LogP contribution in [-0.4, -0.2) is 46.3 Å². The second-order valence-corrected chi connectivity index (χ2v) is 8.55. The van der Waals surface area contributed by atoms with Crippen LogP contribution in [0.1, 0.15) is 110 Å². The first-order valence-electron chi connectivity index (χ1n) is 11.8. The molecule has 1 aliphatic rings. The summed E-state index contributed by atoms with van der Waals surface area (Å²) in [7, 11) is 0.